The Kier molecular flexibility index (Phi) is 7.86. The molecule has 1 aromatic heterocycles. The van der Waals surface area contributed by atoms with Crippen LogP contribution in [0, 0.1) is 0 Å². The normalized spacial score (nSPS) is 13.7. The van der Waals surface area contributed by atoms with Crippen LogP contribution in [0.2, 0.25) is 5.02 Å². The summed E-state index contributed by atoms with van der Waals surface area (Å²) >= 11 is 6.50. The SMILES string of the molecule is Cn1cccc1C(=O)Nc1ccc(Nc2ccc(NC(=O)c3ccc(N4CCC(O)CC4)cc3)cc2Cl)cc1. The number of hydrogen-bond donors (Lipinski definition) is 4. The minimum absolute atomic E-state index is 0.178. The van der Waals surface area contributed by atoms with Crippen LogP contribution in [0.1, 0.15) is 33.7 Å². The highest BCUT2D eigenvalue weighted by Crippen LogP contribution is 2.29. The molecule has 39 heavy (non-hydrogen) atoms. The maximum atomic E-state index is 12.8. The maximum absolute atomic E-state index is 12.8. The van der Waals surface area contributed by atoms with Gasteiger partial charge in [-0.2, -0.15) is 0 Å². The molecule has 0 bridgehead atoms. The van der Waals surface area contributed by atoms with Crippen molar-refractivity contribution in [1.82, 2.24) is 4.57 Å². The highest BCUT2D eigenvalue weighted by atomic mass is 35.5. The molecule has 0 radical (unpaired) electrons. The second kappa shape index (κ2) is 11.6. The third kappa shape index (κ3) is 6.42. The quantitative estimate of drug-likeness (QED) is 0.233. The van der Waals surface area contributed by atoms with E-state index in [0.29, 0.717) is 33.3 Å². The highest BCUT2D eigenvalue weighted by molar-refractivity contribution is 6.33. The van der Waals surface area contributed by atoms with Crippen LogP contribution in [0.3, 0.4) is 0 Å². The number of aliphatic hydroxyl groups excluding tert-OH is 1. The number of halogens is 1. The molecule has 0 saturated carbocycles. The van der Waals surface area contributed by atoms with Crippen LogP contribution in [-0.4, -0.2) is 40.7 Å². The molecule has 4 aromatic rings. The summed E-state index contributed by atoms with van der Waals surface area (Å²) in [5.74, 6) is -0.400. The van der Waals surface area contributed by atoms with E-state index in [1.54, 1.807) is 41.0 Å². The molecule has 1 aliphatic heterocycles. The van der Waals surface area contributed by atoms with Crippen molar-refractivity contribution in [3.8, 4) is 0 Å². The van der Waals surface area contributed by atoms with Gasteiger partial charge < -0.3 is 30.5 Å². The molecule has 0 spiro atoms. The minimum Gasteiger partial charge on any atom is -0.393 e. The number of aromatic nitrogens is 1. The van der Waals surface area contributed by atoms with Crippen LogP contribution in [-0.2, 0) is 7.05 Å². The van der Waals surface area contributed by atoms with Crippen LogP contribution in [0.25, 0.3) is 0 Å². The summed E-state index contributed by atoms with van der Waals surface area (Å²) in [6, 6.07) is 23.7. The van der Waals surface area contributed by atoms with Gasteiger partial charge >= 0.3 is 0 Å². The van der Waals surface area contributed by atoms with Gasteiger partial charge in [0.2, 0.25) is 0 Å². The second-order valence-corrected chi connectivity index (χ2v) is 9.98. The lowest BCUT2D eigenvalue weighted by molar-refractivity contribution is 0.101. The lowest BCUT2D eigenvalue weighted by Gasteiger charge is -2.31. The van der Waals surface area contributed by atoms with Crippen LogP contribution in [0.15, 0.2) is 85.1 Å². The van der Waals surface area contributed by atoms with Gasteiger partial charge in [-0.3, -0.25) is 9.59 Å². The van der Waals surface area contributed by atoms with Gasteiger partial charge in [-0.1, -0.05) is 11.6 Å². The molecule has 0 aliphatic carbocycles. The number of nitrogens with zero attached hydrogens (tertiary/aromatic N) is 2. The number of carbonyl (C=O) groups excluding carboxylic acids is 2. The number of piperidine rings is 1. The zero-order chi connectivity index (χ0) is 27.4. The van der Waals surface area contributed by atoms with E-state index in [4.69, 9.17) is 11.6 Å². The fourth-order valence-corrected chi connectivity index (χ4v) is 4.76. The smallest absolute Gasteiger partial charge is 0.272 e. The fourth-order valence-electron chi connectivity index (χ4n) is 4.53. The Balaban J connectivity index is 1.17. The monoisotopic (exact) mass is 543 g/mol. The largest absolute Gasteiger partial charge is 0.393 e. The molecule has 0 unspecified atom stereocenters. The molecule has 8 nitrogen and oxygen atoms in total. The van der Waals surface area contributed by atoms with E-state index in [1.807, 2.05) is 55.7 Å². The molecule has 3 aromatic carbocycles. The van der Waals surface area contributed by atoms with E-state index in [2.05, 4.69) is 20.9 Å². The third-order valence-corrected chi connectivity index (χ3v) is 7.10. The molecular formula is C30H30ClN5O3. The number of carbonyl (C=O) groups is 2. The summed E-state index contributed by atoms with van der Waals surface area (Å²) in [4.78, 5) is 27.4. The summed E-state index contributed by atoms with van der Waals surface area (Å²) in [6.45, 7) is 1.61. The number of rotatable bonds is 7. The Bertz CT molecular complexity index is 1460. The van der Waals surface area contributed by atoms with Gasteiger partial charge in [0, 0.05) is 54.6 Å². The van der Waals surface area contributed by atoms with E-state index in [0.717, 1.165) is 37.3 Å². The predicted molar refractivity (Wildman–Crippen MR) is 156 cm³/mol. The molecule has 200 valence electrons. The first kappa shape index (κ1) is 26.3. The van der Waals surface area contributed by atoms with Gasteiger partial charge in [0.1, 0.15) is 5.69 Å². The fraction of sp³-hybridized carbons (Fsp3) is 0.200. The number of amides is 2. The zero-order valence-corrected chi connectivity index (χ0v) is 22.3. The standard InChI is InChI=1S/C30H30ClN5O3/c1-35-16-2-3-28(35)30(39)33-22-8-6-21(7-9-22)32-27-13-10-23(19-26(27)31)34-29(38)20-4-11-24(12-5-20)36-17-14-25(37)15-18-36/h2-13,16,19,25,32,37H,14-15,17-18H2,1H3,(H,33,39)(H,34,38). The number of benzene rings is 3. The van der Waals surface area contributed by atoms with Crippen LogP contribution in [0.5, 0.6) is 0 Å². The van der Waals surface area contributed by atoms with Crippen molar-refractivity contribution < 1.29 is 14.7 Å². The summed E-state index contributed by atoms with van der Waals surface area (Å²) in [5.41, 5.74) is 4.92. The Hall–Kier alpha value is -4.27. The molecule has 2 amide bonds. The number of aryl methyl sites for hydroxylation is 1. The van der Waals surface area contributed by atoms with Crippen molar-refractivity contribution in [2.24, 2.45) is 7.05 Å². The molecule has 1 aliphatic rings. The molecule has 2 heterocycles. The zero-order valence-electron chi connectivity index (χ0n) is 21.5. The summed E-state index contributed by atoms with van der Waals surface area (Å²) in [7, 11) is 1.82. The lowest BCUT2D eigenvalue weighted by atomic mass is 10.1. The average Bonchev–Trinajstić information content (AvgIpc) is 3.38. The lowest BCUT2D eigenvalue weighted by Crippen LogP contribution is -2.35. The number of anilines is 5. The minimum atomic E-state index is -0.223. The third-order valence-electron chi connectivity index (χ3n) is 6.78. The van der Waals surface area contributed by atoms with Crippen molar-refractivity contribution in [2.45, 2.75) is 18.9 Å². The summed E-state index contributed by atoms with van der Waals surface area (Å²) in [6.07, 6.45) is 3.11. The maximum Gasteiger partial charge on any atom is 0.272 e. The molecule has 0 atom stereocenters. The Morgan fingerprint density at radius 1 is 0.846 bits per heavy atom. The van der Waals surface area contributed by atoms with E-state index >= 15 is 0 Å². The topological polar surface area (TPSA) is 98.6 Å². The number of nitrogens with one attached hydrogen (secondary N) is 3. The Morgan fingerprint density at radius 3 is 2.13 bits per heavy atom. The van der Waals surface area contributed by atoms with Crippen LogP contribution in [0.4, 0.5) is 28.4 Å². The van der Waals surface area contributed by atoms with Gasteiger partial charge in [0.25, 0.3) is 11.8 Å². The molecule has 9 heteroatoms. The van der Waals surface area contributed by atoms with E-state index < -0.39 is 0 Å². The molecule has 5 rings (SSSR count). The Labute approximate surface area is 232 Å². The Morgan fingerprint density at radius 2 is 1.49 bits per heavy atom. The van der Waals surface area contributed by atoms with Gasteiger partial charge in [0.05, 0.1) is 16.8 Å². The first-order valence-corrected chi connectivity index (χ1v) is 13.2. The van der Waals surface area contributed by atoms with Crippen molar-refractivity contribution in [3.63, 3.8) is 0 Å². The molecular weight excluding hydrogens is 514 g/mol. The first-order valence-electron chi connectivity index (χ1n) is 12.8. The van der Waals surface area contributed by atoms with E-state index in [1.165, 1.54) is 0 Å². The van der Waals surface area contributed by atoms with Gasteiger partial charge in [0.15, 0.2) is 0 Å². The summed E-state index contributed by atoms with van der Waals surface area (Å²) < 4.78 is 1.76. The summed E-state index contributed by atoms with van der Waals surface area (Å²) in [5, 5.41) is 19.2. The highest BCUT2D eigenvalue weighted by Gasteiger charge is 2.17. The molecule has 1 saturated heterocycles. The first-order chi connectivity index (χ1) is 18.9. The number of aliphatic hydroxyl groups is 1. The van der Waals surface area contributed by atoms with Crippen LogP contribution < -0.4 is 20.9 Å². The van der Waals surface area contributed by atoms with Crippen molar-refractivity contribution in [2.75, 3.05) is 33.9 Å². The average molecular weight is 544 g/mol. The van der Waals surface area contributed by atoms with E-state index in [-0.39, 0.29) is 17.9 Å². The predicted octanol–water partition coefficient (Wildman–Crippen LogP) is 5.89. The number of hydrogen-bond acceptors (Lipinski definition) is 5. The van der Waals surface area contributed by atoms with Crippen LogP contribution >= 0.6 is 11.6 Å². The van der Waals surface area contributed by atoms with Crippen molar-refractivity contribution in [1.29, 1.82) is 0 Å². The van der Waals surface area contributed by atoms with E-state index in [9.17, 15) is 14.7 Å². The second-order valence-electron chi connectivity index (χ2n) is 9.57. The van der Waals surface area contributed by atoms with Crippen molar-refractivity contribution >= 4 is 51.9 Å². The van der Waals surface area contributed by atoms with Crippen molar-refractivity contribution in [3.05, 3.63) is 101 Å². The van der Waals surface area contributed by atoms with Gasteiger partial charge in [-0.25, -0.2) is 0 Å². The molecule has 4 N–H and O–H groups in total. The molecule has 1 fully saturated rings. The van der Waals surface area contributed by atoms with Gasteiger partial charge in [-0.05, 0) is 91.7 Å². The van der Waals surface area contributed by atoms with Gasteiger partial charge in [-0.15, -0.1) is 0 Å².